The lowest BCUT2D eigenvalue weighted by molar-refractivity contribution is 0.231. The standard InChI is InChI=1S/C20H26N2/c1-3-10-20(11-4-1)21-17-19-9-7-8-18(16-19)12-15-22-13-5-2-6-14-22/h1,3-4,7-11,16,21H,2,5-6,12-15,17H2. The SMILES string of the molecule is c1ccc(NCc2cccc(CCN3CCCCC3)c2)cc1. The van der Waals surface area contributed by atoms with Gasteiger partial charge in [-0.25, -0.2) is 0 Å². The summed E-state index contributed by atoms with van der Waals surface area (Å²) in [5, 5.41) is 3.48. The van der Waals surface area contributed by atoms with Crippen LogP contribution in [0, 0.1) is 0 Å². The number of hydrogen-bond acceptors (Lipinski definition) is 2. The topological polar surface area (TPSA) is 15.3 Å². The van der Waals surface area contributed by atoms with Crippen molar-refractivity contribution in [3.63, 3.8) is 0 Å². The molecule has 0 aromatic heterocycles. The van der Waals surface area contributed by atoms with Crippen molar-refractivity contribution in [1.29, 1.82) is 0 Å². The van der Waals surface area contributed by atoms with Gasteiger partial charge in [-0.1, -0.05) is 48.9 Å². The Morgan fingerprint density at radius 2 is 1.59 bits per heavy atom. The third-order valence-electron chi connectivity index (χ3n) is 4.43. The second-order valence-electron chi connectivity index (χ2n) is 6.19. The molecule has 1 heterocycles. The Bertz CT molecular complexity index is 559. The van der Waals surface area contributed by atoms with Gasteiger partial charge in [-0.15, -0.1) is 0 Å². The maximum atomic E-state index is 3.48. The normalized spacial score (nSPS) is 15.6. The predicted octanol–water partition coefficient (Wildman–Crippen LogP) is 4.33. The van der Waals surface area contributed by atoms with Gasteiger partial charge >= 0.3 is 0 Å². The Hall–Kier alpha value is -1.80. The summed E-state index contributed by atoms with van der Waals surface area (Å²) < 4.78 is 0. The molecule has 0 atom stereocenters. The van der Waals surface area contributed by atoms with E-state index < -0.39 is 0 Å². The van der Waals surface area contributed by atoms with Gasteiger partial charge in [0.15, 0.2) is 0 Å². The molecule has 2 aromatic carbocycles. The molecule has 1 N–H and O–H groups in total. The maximum absolute atomic E-state index is 3.48. The smallest absolute Gasteiger partial charge is 0.0400 e. The first-order valence-electron chi connectivity index (χ1n) is 8.49. The highest BCUT2D eigenvalue weighted by molar-refractivity contribution is 5.43. The quantitative estimate of drug-likeness (QED) is 0.853. The number of benzene rings is 2. The number of likely N-dealkylation sites (tertiary alicyclic amines) is 1. The van der Waals surface area contributed by atoms with Crippen LogP contribution in [-0.4, -0.2) is 24.5 Å². The van der Waals surface area contributed by atoms with Crippen molar-refractivity contribution >= 4 is 5.69 Å². The van der Waals surface area contributed by atoms with E-state index >= 15 is 0 Å². The Morgan fingerprint density at radius 3 is 2.41 bits per heavy atom. The molecule has 0 aliphatic carbocycles. The Balaban J connectivity index is 1.51. The zero-order valence-electron chi connectivity index (χ0n) is 13.3. The zero-order valence-corrected chi connectivity index (χ0v) is 13.3. The van der Waals surface area contributed by atoms with Crippen LogP contribution in [0.15, 0.2) is 54.6 Å². The first kappa shape index (κ1) is 15.1. The molecule has 1 fully saturated rings. The average Bonchev–Trinajstić information content (AvgIpc) is 2.60. The molecule has 22 heavy (non-hydrogen) atoms. The molecular weight excluding hydrogens is 268 g/mol. The van der Waals surface area contributed by atoms with Crippen LogP contribution in [0.2, 0.25) is 0 Å². The second-order valence-corrected chi connectivity index (χ2v) is 6.19. The molecule has 2 nitrogen and oxygen atoms in total. The van der Waals surface area contributed by atoms with Crippen LogP contribution in [-0.2, 0) is 13.0 Å². The summed E-state index contributed by atoms with van der Waals surface area (Å²) >= 11 is 0. The fraction of sp³-hybridized carbons (Fsp3) is 0.400. The highest BCUT2D eigenvalue weighted by Gasteiger charge is 2.09. The number of piperidine rings is 1. The summed E-state index contributed by atoms with van der Waals surface area (Å²) in [4.78, 5) is 2.61. The molecule has 1 aliphatic heterocycles. The van der Waals surface area contributed by atoms with Crippen LogP contribution >= 0.6 is 0 Å². The van der Waals surface area contributed by atoms with Crippen LogP contribution in [0.5, 0.6) is 0 Å². The first-order chi connectivity index (χ1) is 10.9. The highest BCUT2D eigenvalue weighted by atomic mass is 15.1. The van der Waals surface area contributed by atoms with Gasteiger partial charge in [-0.05, 0) is 55.6 Å². The summed E-state index contributed by atoms with van der Waals surface area (Å²) in [5.41, 5.74) is 4.00. The fourth-order valence-corrected chi connectivity index (χ4v) is 3.13. The molecule has 0 unspecified atom stereocenters. The van der Waals surface area contributed by atoms with E-state index in [1.54, 1.807) is 0 Å². The molecule has 116 valence electrons. The minimum atomic E-state index is 0.890. The van der Waals surface area contributed by atoms with Crippen molar-refractivity contribution in [2.45, 2.75) is 32.2 Å². The number of nitrogens with one attached hydrogen (secondary N) is 1. The molecule has 1 aliphatic rings. The van der Waals surface area contributed by atoms with Gasteiger partial charge in [-0.2, -0.15) is 0 Å². The molecule has 3 rings (SSSR count). The van der Waals surface area contributed by atoms with Gasteiger partial charge in [0.25, 0.3) is 0 Å². The molecule has 0 radical (unpaired) electrons. The Morgan fingerprint density at radius 1 is 0.818 bits per heavy atom. The van der Waals surface area contributed by atoms with E-state index in [-0.39, 0.29) is 0 Å². The molecule has 0 saturated carbocycles. The van der Waals surface area contributed by atoms with Gasteiger partial charge in [0.2, 0.25) is 0 Å². The van der Waals surface area contributed by atoms with Crippen molar-refractivity contribution in [1.82, 2.24) is 4.90 Å². The van der Waals surface area contributed by atoms with E-state index in [0.717, 1.165) is 6.54 Å². The average molecular weight is 294 g/mol. The van der Waals surface area contributed by atoms with Gasteiger partial charge in [0.05, 0.1) is 0 Å². The van der Waals surface area contributed by atoms with Crippen LogP contribution in [0.25, 0.3) is 0 Å². The summed E-state index contributed by atoms with van der Waals surface area (Å²) in [6, 6.07) is 19.4. The van der Waals surface area contributed by atoms with Gasteiger partial charge in [-0.3, -0.25) is 0 Å². The van der Waals surface area contributed by atoms with Gasteiger partial charge in [0, 0.05) is 18.8 Å². The predicted molar refractivity (Wildman–Crippen MR) is 94.2 cm³/mol. The molecular formula is C20H26N2. The summed E-state index contributed by atoms with van der Waals surface area (Å²) in [5.74, 6) is 0. The molecule has 0 amide bonds. The first-order valence-corrected chi connectivity index (χ1v) is 8.49. The van der Waals surface area contributed by atoms with Crippen LogP contribution in [0.4, 0.5) is 5.69 Å². The van der Waals surface area contributed by atoms with Gasteiger partial charge < -0.3 is 10.2 Å². The summed E-state index contributed by atoms with van der Waals surface area (Å²) in [7, 11) is 0. The van der Waals surface area contributed by atoms with Crippen molar-refractivity contribution in [2.24, 2.45) is 0 Å². The van der Waals surface area contributed by atoms with E-state index in [4.69, 9.17) is 0 Å². The molecule has 2 heteroatoms. The monoisotopic (exact) mass is 294 g/mol. The van der Waals surface area contributed by atoms with Crippen LogP contribution < -0.4 is 5.32 Å². The van der Waals surface area contributed by atoms with Crippen molar-refractivity contribution in [3.8, 4) is 0 Å². The molecule has 1 saturated heterocycles. The Labute approximate surface area is 134 Å². The van der Waals surface area contributed by atoms with Gasteiger partial charge in [0.1, 0.15) is 0 Å². The Kier molecular flexibility index (Phi) is 5.49. The third-order valence-corrected chi connectivity index (χ3v) is 4.43. The highest BCUT2D eigenvalue weighted by Crippen LogP contribution is 2.13. The van der Waals surface area contributed by atoms with Crippen molar-refractivity contribution < 1.29 is 0 Å². The number of hydrogen-bond donors (Lipinski definition) is 1. The largest absolute Gasteiger partial charge is 0.381 e. The number of rotatable bonds is 6. The molecule has 0 bridgehead atoms. The molecule has 2 aromatic rings. The number of para-hydroxylation sites is 1. The minimum Gasteiger partial charge on any atom is -0.381 e. The lowest BCUT2D eigenvalue weighted by atomic mass is 10.1. The van der Waals surface area contributed by atoms with E-state index in [2.05, 4.69) is 58.7 Å². The summed E-state index contributed by atoms with van der Waals surface area (Å²) in [6.07, 6.45) is 5.33. The molecule has 0 spiro atoms. The lowest BCUT2D eigenvalue weighted by Crippen LogP contribution is -2.31. The van der Waals surface area contributed by atoms with Crippen LogP contribution in [0.3, 0.4) is 0 Å². The second kappa shape index (κ2) is 8.00. The number of anilines is 1. The fourth-order valence-electron chi connectivity index (χ4n) is 3.13. The minimum absolute atomic E-state index is 0.890. The van der Waals surface area contributed by atoms with E-state index in [9.17, 15) is 0 Å². The third kappa shape index (κ3) is 4.60. The van der Waals surface area contributed by atoms with Crippen molar-refractivity contribution in [2.75, 3.05) is 25.0 Å². The maximum Gasteiger partial charge on any atom is 0.0400 e. The summed E-state index contributed by atoms with van der Waals surface area (Å²) in [6.45, 7) is 4.67. The van der Waals surface area contributed by atoms with E-state index in [1.165, 1.54) is 62.1 Å². The zero-order chi connectivity index (χ0) is 15.0. The van der Waals surface area contributed by atoms with E-state index in [1.807, 2.05) is 6.07 Å². The van der Waals surface area contributed by atoms with Crippen molar-refractivity contribution in [3.05, 3.63) is 65.7 Å². The van der Waals surface area contributed by atoms with E-state index in [0.29, 0.717) is 0 Å². The lowest BCUT2D eigenvalue weighted by Gasteiger charge is -2.26. The number of nitrogens with zero attached hydrogens (tertiary/aromatic N) is 1. The van der Waals surface area contributed by atoms with Crippen LogP contribution in [0.1, 0.15) is 30.4 Å².